The van der Waals surface area contributed by atoms with Crippen LogP contribution >= 0.6 is 0 Å². The Balaban J connectivity index is 1.75. The number of nitrogens with zero attached hydrogens (tertiary/aromatic N) is 4. The lowest BCUT2D eigenvalue weighted by atomic mass is 9.96. The maximum atomic E-state index is 12.9. The zero-order chi connectivity index (χ0) is 17.5. The Morgan fingerprint density at radius 3 is 2.67 bits per heavy atom. The molecule has 8 heteroatoms. The normalized spacial score (nSPS) is 19.8. The summed E-state index contributed by atoms with van der Waals surface area (Å²) in [5, 5.41) is 3.96. The van der Waals surface area contributed by atoms with E-state index >= 15 is 0 Å². The zero-order valence-corrected chi connectivity index (χ0v) is 14.0. The van der Waals surface area contributed by atoms with Crippen LogP contribution in [0.3, 0.4) is 0 Å². The van der Waals surface area contributed by atoms with E-state index in [1.807, 2.05) is 13.8 Å². The van der Waals surface area contributed by atoms with E-state index in [-0.39, 0.29) is 5.92 Å². The molecule has 0 bridgehead atoms. The van der Waals surface area contributed by atoms with Gasteiger partial charge >= 0.3 is 6.18 Å². The van der Waals surface area contributed by atoms with Crippen LogP contribution in [0.15, 0.2) is 10.7 Å². The highest BCUT2D eigenvalue weighted by Gasteiger charge is 2.36. The monoisotopic (exact) mass is 342 g/mol. The van der Waals surface area contributed by atoms with E-state index in [1.165, 1.54) is 4.57 Å². The Morgan fingerprint density at radius 1 is 1.33 bits per heavy atom. The Morgan fingerprint density at radius 2 is 2.08 bits per heavy atom. The van der Waals surface area contributed by atoms with Gasteiger partial charge in [-0.2, -0.15) is 13.2 Å². The molecule has 2 aromatic heterocycles. The molecule has 0 aromatic carbocycles. The number of hydrogen-bond acceptors (Lipinski definition) is 4. The van der Waals surface area contributed by atoms with Gasteiger partial charge in [-0.05, 0) is 33.2 Å². The number of hydrogen-bond donors (Lipinski definition) is 0. The van der Waals surface area contributed by atoms with Crippen molar-refractivity contribution < 1.29 is 17.7 Å². The van der Waals surface area contributed by atoms with Crippen molar-refractivity contribution in [2.75, 3.05) is 13.1 Å². The molecule has 1 atom stereocenters. The zero-order valence-electron chi connectivity index (χ0n) is 14.0. The smallest absolute Gasteiger partial charge is 0.361 e. The van der Waals surface area contributed by atoms with Crippen LogP contribution in [-0.2, 0) is 19.8 Å². The minimum absolute atomic E-state index is 0.000299. The number of piperidine rings is 1. The average molecular weight is 342 g/mol. The van der Waals surface area contributed by atoms with Crippen molar-refractivity contribution in [3.63, 3.8) is 0 Å². The van der Waals surface area contributed by atoms with Crippen molar-refractivity contribution in [3.05, 3.63) is 34.7 Å². The first kappa shape index (κ1) is 17.0. The molecule has 0 N–H and O–H groups in total. The first-order chi connectivity index (χ1) is 11.3. The molecule has 1 aliphatic heterocycles. The van der Waals surface area contributed by atoms with E-state index < -0.39 is 11.9 Å². The van der Waals surface area contributed by atoms with Crippen LogP contribution < -0.4 is 0 Å². The SMILES string of the molecule is Cc1noc(C)c1CN1CCCC(c2nc(C(F)(F)F)cn2C)C1. The van der Waals surface area contributed by atoms with Crippen LogP contribution in [0.4, 0.5) is 13.2 Å². The summed E-state index contributed by atoms with van der Waals surface area (Å²) in [5.41, 5.74) is 1.11. The molecule has 5 nitrogen and oxygen atoms in total. The summed E-state index contributed by atoms with van der Waals surface area (Å²) in [6.07, 6.45) is -1.55. The van der Waals surface area contributed by atoms with Gasteiger partial charge in [0.2, 0.25) is 0 Å². The van der Waals surface area contributed by atoms with Gasteiger partial charge in [0.05, 0.1) is 5.69 Å². The van der Waals surface area contributed by atoms with E-state index in [1.54, 1.807) is 7.05 Å². The number of imidazole rings is 1. The standard InChI is InChI=1S/C16H21F3N4O/c1-10-13(11(2)24-21-10)8-23-6-4-5-12(7-23)15-20-14(9-22(15)3)16(17,18)19/h9,12H,4-8H2,1-3H3. The first-order valence-corrected chi connectivity index (χ1v) is 8.00. The second-order valence-corrected chi connectivity index (χ2v) is 6.47. The van der Waals surface area contributed by atoms with Gasteiger partial charge in [-0.15, -0.1) is 0 Å². The fourth-order valence-corrected chi connectivity index (χ4v) is 3.36. The second kappa shape index (κ2) is 6.23. The van der Waals surface area contributed by atoms with Gasteiger partial charge in [0.25, 0.3) is 0 Å². The maximum absolute atomic E-state index is 12.9. The third-order valence-corrected chi connectivity index (χ3v) is 4.64. The van der Waals surface area contributed by atoms with Crippen LogP contribution in [0.25, 0.3) is 0 Å². The number of rotatable bonds is 3. The van der Waals surface area contributed by atoms with Gasteiger partial charge in [-0.1, -0.05) is 5.16 Å². The van der Waals surface area contributed by atoms with E-state index in [4.69, 9.17) is 4.52 Å². The average Bonchev–Trinajstić information content (AvgIpc) is 3.05. The molecule has 0 amide bonds. The number of likely N-dealkylation sites (tertiary alicyclic amines) is 1. The van der Waals surface area contributed by atoms with Crippen molar-refractivity contribution in [2.45, 2.75) is 45.3 Å². The molecule has 1 aliphatic rings. The van der Waals surface area contributed by atoms with E-state index in [2.05, 4.69) is 15.0 Å². The molecule has 0 saturated carbocycles. The van der Waals surface area contributed by atoms with Crippen molar-refractivity contribution in [1.82, 2.24) is 19.6 Å². The van der Waals surface area contributed by atoms with Crippen LogP contribution in [0, 0.1) is 13.8 Å². The van der Waals surface area contributed by atoms with E-state index in [9.17, 15) is 13.2 Å². The summed E-state index contributed by atoms with van der Waals surface area (Å²) in [7, 11) is 1.63. The van der Waals surface area contributed by atoms with Gasteiger partial charge in [0.1, 0.15) is 11.6 Å². The summed E-state index contributed by atoms with van der Waals surface area (Å²) in [5.74, 6) is 1.30. The van der Waals surface area contributed by atoms with Gasteiger partial charge < -0.3 is 9.09 Å². The van der Waals surface area contributed by atoms with Gasteiger partial charge in [-0.25, -0.2) is 4.98 Å². The lowest BCUT2D eigenvalue weighted by Crippen LogP contribution is -2.35. The van der Waals surface area contributed by atoms with Crippen LogP contribution in [0.5, 0.6) is 0 Å². The van der Waals surface area contributed by atoms with Crippen LogP contribution in [0.2, 0.25) is 0 Å². The minimum Gasteiger partial charge on any atom is -0.361 e. The summed E-state index contributed by atoms with van der Waals surface area (Å²) in [4.78, 5) is 6.09. The highest BCUT2D eigenvalue weighted by atomic mass is 19.4. The topological polar surface area (TPSA) is 47.1 Å². The summed E-state index contributed by atoms with van der Waals surface area (Å²) in [6.45, 7) is 6.09. The molecule has 1 saturated heterocycles. The Labute approximate surface area is 138 Å². The van der Waals surface area contributed by atoms with Crippen molar-refractivity contribution in [1.29, 1.82) is 0 Å². The van der Waals surface area contributed by atoms with Crippen LogP contribution in [0.1, 0.15) is 47.3 Å². The molecule has 0 aliphatic carbocycles. The van der Waals surface area contributed by atoms with Gasteiger partial charge in [0, 0.05) is 37.8 Å². The lowest BCUT2D eigenvalue weighted by molar-refractivity contribution is -0.141. The first-order valence-electron chi connectivity index (χ1n) is 8.00. The Hall–Kier alpha value is -1.83. The molecule has 2 aromatic rings. The predicted molar refractivity (Wildman–Crippen MR) is 81.4 cm³/mol. The third-order valence-electron chi connectivity index (χ3n) is 4.64. The molecule has 0 spiro atoms. The second-order valence-electron chi connectivity index (χ2n) is 6.47. The fraction of sp³-hybridized carbons (Fsp3) is 0.625. The fourth-order valence-electron chi connectivity index (χ4n) is 3.36. The quantitative estimate of drug-likeness (QED) is 0.857. The van der Waals surface area contributed by atoms with Crippen molar-refractivity contribution in [2.24, 2.45) is 7.05 Å². The molecule has 3 rings (SSSR count). The van der Waals surface area contributed by atoms with E-state index in [0.29, 0.717) is 18.9 Å². The summed E-state index contributed by atoms with van der Waals surface area (Å²) < 4.78 is 45.3. The molecule has 0 radical (unpaired) electrons. The third kappa shape index (κ3) is 3.33. The van der Waals surface area contributed by atoms with Crippen LogP contribution in [-0.4, -0.2) is 32.7 Å². The van der Waals surface area contributed by atoms with Crippen molar-refractivity contribution >= 4 is 0 Å². The summed E-state index contributed by atoms with van der Waals surface area (Å²) in [6, 6.07) is 0. The molecule has 3 heterocycles. The van der Waals surface area contributed by atoms with E-state index in [0.717, 1.165) is 42.6 Å². The molecule has 132 valence electrons. The number of aryl methyl sites for hydroxylation is 3. The van der Waals surface area contributed by atoms with Gasteiger partial charge in [-0.3, -0.25) is 4.90 Å². The summed E-state index contributed by atoms with van der Waals surface area (Å²) >= 11 is 0. The highest BCUT2D eigenvalue weighted by Crippen LogP contribution is 2.32. The lowest BCUT2D eigenvalue weighted by Gasteiger charge is -2.32. The highest BCUT2D eigenvalue weighted by molar-refractivity contribution is 5.21. The number of halogens is 3. The number of alkyl halides is 3. The molecular formula is C16H21F3N4O. The largest absolute Gasteiger partial charge is 0.434 e. The predicted octanol–water partition coefficient (Wildman–Crippen LogP) is 3.42. The molecule has 1 unspecified atom stereocenters. The van der Waals surface area contributed by atoms with Crippen molar-refractivity contribution in [3.8, 4) is 0 Å². The van der Waals surface area contributed by atoms with Gasteiger partial charge in [0.15, 0.2) is 5.69 Å². The molecule has 24 heavy (non-hydrogen) atoms. The number of aromatic nitrogens is 3. The maximum Gasteiger partial charge on any atom is 0.434 e. The Bertz CT molecular complexity index is 700. The minimum atomic E-state index is -4.40. The molecular weight excluding hydrogens is 321 g/mol. The Kier molecular flexibility index (Phi) is 4.42. The molecule has 1 fully saturated rings.